The fourth-order valence-corrected chi connectivity index (χ4v) is 3.48. The predicted octanol–water partition coefficient (Wildman–Crippen LogP) is 6.34. The van der Waals surface area contributed by atoms with Gasteiger partial charge in [-0.15, -0.1) is 11.8 Å². The van der Waals surface area contributed by atoms with Gasteiger partial charge in [0, 0.05) is 31.5 Å². The molecule has 26 heavy (non-hydrogen) atoms. The summed E-state index contributed by atoms with van der Waals surface area (Å²) in [5, 5.41) is 0.501. The van der Waals surface area contributed by atoms with Crippen molar-refractivity contribution < 1.29 is 8.78 Å². The van der Waals surface area contributed by atoms with E-state index in [4.69, 9.17) is 16.6 Å². The Kier molecular flexibility index (Phi) is 6.69. The molecule has 0 saturated carbocycles. The first-order valence-corrected chi connectivity index (χ1v) is 9.57. The lowest BCUT2D eigenvalue weighted by atomic mass is 10.1. The van der Waals surface area contributed by atoms with Crippen LogP contribution in [0, 0.1) is 13.8 Å². The highest BCUT2D eigenvalue weighted by Crippen LogP contribution is 2.36. The summed E-state index contributed by atoms with van der Waals surface area (Å²) >= 11 is 7.49. The van der Waals surface area contributed by atoms with Crippen LogP contribution in [0.4, 0.5) is 14.5 Å². The number of hydrogen-bond acceptors (Lipinski definition) is 2. The van der Waals surface area contributed by atoms with Gasteiger partial charge in [0.25, 0.3) is 5.92 Å². The summed E-state index contributed by atoms with van der Waals surface area (Å²) in [5.41, 5.74) is 3.57. The van der Waals surface area contributed by atoms with Crippen LogP contribution >= 0.6 is 23.4 Å². The van der Waals surface area contributed by atoms with E-state index < -0.39 is 5.92 Å². The normalized spacial score (nSPS) is 12.4. The summed E-state index contributed by atoms with van der Waals surface area (Å²) < 4.78 is 26.4. The zero-order valence-electron chi connectivity index (χ0n) is 15.6. The van der Waals surface area contributed by atoms with Crippen molar-refractivity contribution in [2.24, 2.45) is 4.99 Å². The van der Waals surface area contributed by atoms with E-state index >= 15 is 0 Å². The number of amidine groups is 1. The molecular weight excluding hydrogens is 374 g/mol. The van der Waals surface area contributed by atoms with Crippen LogP contribution in [0.25, 0.3) is 0 Å². The van der Waals surface area contributed by atoms with Crippen LogP contribution < -0.4 is 0 Å². The molecule has 2 rings (SSSR count). The molecule has 0 aliphatic rings. The fraction of sp³-hybridized carbons (Fsp3) is 0.350. The molecule has 0 spiro atoms. The minimum atomic E-state index is -2.73. The van der Waals surface area contributed by atoms with Gasteiger partial charge in [0.2, 0.25) is 0 Å². The number of hydrogen-bond donors (Lipinski definition) is 0. The third-order valence-electron chi connectivity index (χ3n) is 3.69. The van der Waals surface area contributed by atoms with Crippen LogP contribution in [0.5, 0.6) is 0 Å². The van der Waals surface area contributed by atoms with Gasteiger partial charge >= 0.3 is 0 Å². The van der Waals surface area contributed by atoms with Crippen molar-refractivity contribution in [2.45, 2.75) is 31.6 Å². The molecule has 2 aromatic rings. The van der Waals surface area contributed by atoms with Crippen LogP contribution in [0.3, 0.4) is 0 Å². The molecule has 0 bridgehead atoms. The van der Waals surface area contributed by atoms with Gasteiger partial charge in [0.1, 0.15) is 5.84 Å². The second-order valence-corrected chi connectivity index (χ2v) is 8.05. The number of aryl methyl sites for hydroxylation is 2. The molecule has 0 heterocycles. The Labute approximate surface area is 163 Å². The Balaban J connectivity index is 2.44. The summed E-state index contributed by atoms with van der Waals surface area (Å²) in [6, 6.07) is 11.6. The highest BCUT2D eigenvalue weighted by atomic mass is 35.5. The van der Waals surface area contributed by atoms with Crippen molar-refractivity contribution >= 4 is 34.9 Å². The number of aliphatic imine (C=N–C) groups is 1. The lowest BCUT2D eigenvalue weighted by molar-refractivity contribution is 0.0492. The van der Waals surface area contributed by atoms with Gasteiger partial charge in [-0.1, -0.05) is 41.4 Å². The number of nitrogens with zero attached hydrogens (tertiary/aromatic N) is 2. The molecule has 0 unspecified atom stereocenters. The minimum absolute atomic E-state index is 0.281. The van der Waals surface area contributed by atoms with Gasteiger partial charge in [-0.05, 0) is 31.5 Å². The van der Waals surface area contributed by atoms with E-state index in [-0.39, 0.29) is 5.75 Å². The average molecular weight is 397 g/mol. The zero-order valence-corrected chi connectivity index (χ0v) is 17.2. The quantitative estimate of drug-likeness (QED) is 0.332. The van der Waals surface area contributed by atoms with Crippen LogP contribution in [0.15, 0.2) is 46.3 Å². The van der Waals surface area contributed by atoms with Gasteiger partial charge in [-0.3, -0.25) is 0 Å². The van der Waals surface area contributed by atoms with Crippen LogP contribution in [0.1, 0.15) is 23.6 Å². The van der Waals surface area contributed by atoms with Crippen LogP contribution in [-0.4, -0.2) is 36.5 Å². The van der Waals surface area contributed by atoms with E-state index in [0.29, 0.717) is 10.7 Å². The van der Waals surface area contributed by atoms with Crippen LogP contribution in [-0.2, 0) is 0 Å². The molecule has 0 N–H and O–H groups in total. The van der Waals surface area contributed by atoms with Gasteiger partial charge in [-0.2, -0.15) is 0 Å². The molecule has 0 aromatic heterocycles. The minimum Gasteiger partial charge on any atom is -0.362 e. The monoisotopic (exact) mass is 396 g/mol. The van der Waals surface area contributed by atoms with E-state index in [1.165, 1.54) is 5.56 Å². The van der Waals surface area contributed by atoms with Crippen molar-refractivity contribution in [2.75, 3.05) is 19.8 Å². The lowest BCUT2D eigenvalue weighted by Crippen LogP contribution is -2.22. The molecule has 6 heteroatoms. The Bertz CT molecular complexity index is 797. The number of halogens is 3. The molecule has 140 valence electrons. The third kappa shape index (κ3) is 5.71. The fourth-order valence-electron chi connectivity index (χ4n) is 2.33. The summed E-state index contributed by atoms with van der Waals surface area (Å²) in [6.45, 7) is 4.81. The summed E-state index contributed by atoms with van der Waals surface area (Å²) in [6.07, 6.45) is 0. The number of alkyl halides is 2. The Morgan fingerprint density at radius 2 is 1.77 bits per heavy atom. The molecule has 0 radical (unpaired) electrons. The predicted molar refractivity (Wildman–Crippen MR) is 109 cm³/mol. The van der Waals surface area contributed by atoms with Crippen molar-refractivity contribution in [3.8, 4) is 0 Å². The smallest absolute Gasteiger partial charge is 0.254 e. The van der Waals surface area contributed by atoms with E-state index in [2.05, 4.69) is 0 Å². The topological polar surface area (TPSA) is 15.6 Å². The van der Waals surface area contributed by atoms with Crippen LogP contribution in [0.2, 0.25) is 5.02 Å². The van der Waals surface area contributed by atoms with Crippen molar-refractivity contribution in [1.29, 1.82) is 0 Å². The zero-order chi connectivity index (χ0) is 19.5. The molecule has 0 amide bonds. The highest BCUT2D eigenvalue weighted by molar-refractivity contribution is 7.99. The SMILES string of the molecule is Cc1ccc(/C(=N/c2cc(SCC(C)(F)F)c(C)cc2Cl)N(C)C)cc1. The molecule has 2 nitrogen and oxygen atoms in total. The lowest BCUT2D eigenvalue weighted by Gasteiger charge is -2.17. The first-order chi connectivity index (χ1) is 12.1. The molecule has 0 aliphatic heterocycles. The second-order valence-electron chi connectivity index (χ2n) is 6.62. The molecule has 0 aliphatic carbocycles. The average Bonchev–Trinajstić information content (AvgIpc) is 2.53. The Hall–Kier alpha value is -1.59. The first-order valence-electron chi connectivity index (χ1n) is 8.20. The molecular formula is C20H23ClF2N2S. The van der Waals surface area contributed by atoms with Gasteiger partial charge in [-0.25, -0.2) is 13.8 Å². The van der Waals surface area contributed by atoms with Crippen molar-refractivity contribution in [1.82, 2.24) is 4.90 Å². The molecule has 0 saturated heterocycles. The van der Waals surface area contributed by atoms with Gasteiger partial charge in [0.05, 0.1) is 16.5 Å². The molecule has 2 aromatic carbocycles. The van der Waals surface area contributed by atoms with E-state index in [1.54, 1.807) is 12.1 Å². The van der Waals surface area contributed by atoms with Gasteiger partial charge in [0.15, 0.2) is 0 Å². The van der Waals surface area contributed by atoms with E-state index in [1.807, 2.05) is 57.1 Å². The van der Waals surface area contributed by atoms with E-state index in [9.17, 15) is 8.78 Å². The number of rotatable bonds is 5. The Morgan fingerprint density at radius 3 is 2.31 bits per heavy atom. The van der Waals surface area contributed by atoms with E-state index in [0.717, 1.165) is 40.5 Å². The maximum Gasteiger partial charge on any atom is 0.254 e. The summed E-state index contributed by atoms with van der Waals surface area (Å²) in [5.74, 6) is -2.25. The summed E-state index contributed by atoms with van der Waals surface area (Å²) in [7, 11) is 3.82. The first kappa shape index (κ1) is 20.7. The Morgan fingerprint density at radius 1 is 1.15 bits per heavy atom. The van der Waals surface area contributed by atoms with Crippen molar-refractivity contribution in [3.63, 3.8) is 0 Å². The maximum atomic E-state index is 13.2. The summed E-state index contributed by atoms with van der Waals surface area (Å²) in [4.78, 5) is 7.38. The third-order valence-corrected chi connectivity index (χ3v) is 5.39. The molecule has 0 fully saturated rings. The number of benzene rings is 2. The number of thioether (sulfide) groups is 1. The largest absolute Gasteiger partial charge is 0.362 e. The standard InChI is InChI=1S/C20H23ClF2N2S/c1-13-6-8-15(9-7-13)19(25(4)5)24-17-11-18(14(2)10-16(17)21)26-12-20(3,22)23/h6-11H,12H2,1-5H3/b24-19-. The highest BCUT2D eigenvalue weighted by Gasteiger charge is 2.22. The maximum absolute atomic E-state index is 13.2. The van der Waals surface area contributed by atoms with Crippen molar-refractivity contribution in [3.05, 3.63) is 58.1 Å². The second kappa shape index (κ2) is 8.40. The molecule has 0 atom stereocenters. The van der Waals surface area contributed by atoms with Gasteiger partial charge < -0.3 is 4.90 Å².